The first-order valence-electron chi connectivity index (χ1n) is 10.3. The van der Waals surface area contributed by atoms with Crippen LogP contribution in [0.25, 0.3) is 0 Å². The first-order valence-corrected chi connectivity index (χ1v) is 10.3. The van der Waals surface area contributed by atoms with Crippen LogP contribution in [0.1, 0.15) is 38.6 Å². The van der Waals surface area contributed by atoms with Crippen molar-refractivity contribution in [3.8, 4) is 5.75 Å². The summed E-state index contributed by atoms with van der Waals surface area (Å²) in [6, 6.07) is 8.67. The van der Waals surface area contributed by atoms with Crippen LogP contribution >= 0.6 is 0 Å². The molecule has 1 aromatic carbocycles. The number of carbonyl (C=O) groups is 1. The normalized spacial score (nSPS) is 15.7. The number of aryl methyl sites for hydroxylation is 1. The zero-order chi connectivity index (χ0) is 22.7. The maximum atomic E-state index is 14.9. The maximum absolute atomic E-state index is 14.9. The largest absolute Gasteiger partial charge is 0.486 e. The van der Waals surface area contributed by atoms with Gasteiger partial charge in [-0.05, 0) is 48.7 Å². The van der Waals surface area contributed by atoms with Crippen LogP contribution in [0.15, 0.2) is 47.3 Å². The molecule has 0 saturated carbocycles. The van der Waals surface area contributed by atoms with E-state index in [9.17, 15) is 14.3 Å². The number of nitrogens with two attached hydrogens (primary N) is 1. The van der Waals surface area contributed by atoms with Gasteiger partial charge in [-0.3, -0.25) is 14.7 Å². The van der Waals surface area contributed by atoms with Gasteiger partial charge in [0.1, 0.15) is 12.4 Å². The molecular weight excluding hydrogens is 415 g/mol. The predicted molar refractivity (Wildman–Crippen MR) is 114 cm³/mol. The Morgan fingerprint density at radius 1 is 1.31 bits per heavy atom. The second-order valence-electron chi connectivity index (χ2n) is 8.04. The summed E-state index contributed by atoms with van der Waals surface area (Å²) >= 11 is 0. The lowest BCUT2D eigenvalue weighted by atomic mass is 9.98. The highest BCUT2D eigenvalue weighted by Gasteiger charge is 2.32. The molecule has 3 N–H and O–H groups in total. The number of ether oxygens (including phenoxy) is 1. The van der Waals surface area contributed by atoms with Crippen molar-refractivity contribution >= 4 is 5.91 Å². The third-order valence-electron chi connectivity index (χ3n) is 5.50. The standard InChI is InChI=1S/C23H25FN4O4/c1-15-21(32-14-27-15)12-31-20-3-2-18-11-28(7-5-16(18)9-20)13-23(24,30)10-19-8-17(22(25)29)4-6-26-19/h2-4,6,8-9,14,30H,5,7,10-13H2,1H3,(H2,25,29)/t23-/m1/s1. The average Bonchev–Trinajstić information content (AvgIpc) is 3.16. The van der Waals surface area contributed by atoms with E-state index in [1.807, 2.05) is 30.0 Å². The lowest BCUT2D eigenvalue weighted by Crippen LogP contribution is -2.43. The summed E-state index contributed by atoms with van der Waals surface area (Å²) in [5, 5.41) is 10.3. The molecule has 8 nitrogen and oxygen atoms in total. The molecule has 4 rings (SSSR count). The van der Waals surface area contributed by atoms with Gasteiger partial charge >= 0.3 is 0 Å². The van der Waals surface area contributed by atoms with E-state index in [2.05, 4.69) is 9.97 Å². The van der Waals surface area contributed by atoms with Crippen LogP contribution in [-0.2, 0) is 26.0 Å². The van der Waals surface area contributed by atoms with Gasteiger partial charge in [0.2, 0.25) is 11.8 Å². The number of alkyl halides is 1. The molecule has 0 saturated heterocycles. The van der Waals surface area contributed by atoms with Crippen molar-refractivity contribution in [2.45, 2.75) is 38.8 Å². The molecule has 9 heteroatoms. The van der Waals surface area contributed by atoms with Gasteiger partial charge in [-0.1, -0.05) is 6.07 Å². The zero-order valence-corrected chi connectivity index (χ0v) is 17.8. The number of carbonyl (C=O) groups excluding carboxylic acids is 1. The van der Waals surface area contributed by atoms with E-state index in [1.165, 1.54) is 24.7 Å². The van der Waals surface area contributed by atoms with Crippen LogP contribution in [0.3, 0.4) is 0 Å². The molecular formula is C23H25FN4O4. The Labute approximate surface area is 184 Å². The van der Waals surface area contributed by atoms with E-state index < -0.39 is 11.8 Å². The van der Waals surface area contributed by atoms with Crippen molar-refractivity contribution < 1.29 is 23.4 Å². The van der Waals surface area contributed by atoms with E-state index in [4.69, 9.17) is 14.9 Å². The molecule has 0 fully saturated rings. The molecule has 0 radical (unpaired) electrons. The smallest absolute Gasteiger partial charge is 0.248 e. The van der Waals surface area contributed by atoms with Crippen LogP contribution in [0, 0.1) is 6.92 Å². The first kappa shape index (κ1) is 21.9. The highest BCUT2D eigenvalue weighted by Crippen LogP contribution is 2.26. The number of aromatic nitrogens is 2. The third kappa shape index (κ3) is 5.30. The number of hydrogen-bond acceptors (Lipinski definition) is 7. The quantitative estimate of drug-likeness (QED) is 0.552. The van der Waals surface area contributed by atoms with Gasteiger partial charge in [0.25, 0.3) is 0 Å². The number of hydrogen-bond donors (Lipinski definition) is 2. The molecule has 0 bridgehead atoms. The number of halogens is 1. The Hall–Kier alpha value is -3.30. The Morgan fingerprint density at radius 3 is 2.91 bits per heavy atom. The first-order chi connectivity index (χ1) is 15.3. The maximum Gasteiger partial charge on any atom is 0.248 e. The van der Waals surface area contributed by atoms with Crippen molar-refractivity contribution in [3.05, 3.63) is 76.8 Å². The summed E-state index contributed by atoms with van der Waals surface area (Å²) in [6.45, 7) is 3.10. The summed E-state index contributed by atoms with van der Waals surface area (Å²) in [5.74, 6) is -1.69. The number of oxazole rings is 1. The highest BCUT2D eigenvalue weighted by molar-refractivity contribution is 5.92. The summed E-state index contributed by atoms with van der Waals surface area (Å²) in [5.41, 5.74) is 8.75. The van der Waals surface area contributed by atoms with Crippen LogP contribution in [0.2, 0.25) is 0 Å². The third-order valence-corrected chi connectivity index (χ3v) is 5.50. The number of pyridine rings is 1. The SMILES string of the molecule is Cc1ncoc1COc1ccc2c(c1)CCN(C[C@@](O)(F)Cc1cc(C(N)=O)ccn1)C2. The molecule has 1 aliphatic rings. The fourth-order valence-electron chi connectivity index (χ4n) is 3.83. The van der Waals surface area contributed by atoms with Gasteiger partial charge in [0.15, 0.2) is 12.2 Å². The molecule has 1 amide bonds. The number of nitrogens with zero attached hydrogens (tertiary/aromatic N) is 3. The Kier molecular flexibility index (Phi) is 6.20. The fourth-order valence-corrected chi connectivity index (χ4v) is 3.83. The van der Waals surface area contributed by atoms with Crippen LogP contribution in [0.4, 0.5) is 4.39 Å². The molecule has 1 aliphatic heterocycles. The van der Waals surface area contributed by atoms with Gasteiger partial charge in [-0.2, -0.15) is 0 Å². The molecule has 3 aromatic rings. The van der Waals surface area contributed by atoms with Crippen LogP contribution in [0.5, 0.6) is 5.75 Å². The minimum absolute atomic E-state index is 0.169. The molecule has 32 heavy (non-hydrogen) atoms. The van der Waals surface area contributed by atoms with E-state index >= 15 is 0 Å². The van der Waals surface area contributed by atoms with E-state index in [0.717, 1.165) is 22.6 Å². The molecule has 0 unspecified atom stereocenters. The second-order valence-corrected chi connectivity index (χ2v) is 8.04. The Bertz CT molecular complexity index is 1110. The summed E-state index contributed by atoms with van der Waals surface area (Å²) < 4.78 is 26.0. The molecule has 1 atom stereocenters. The fraction of sp³-hybridized carbons (Fsp3) is 0.348. The van der Waals surface area contributed by atoms with Crippen molar-refractivity contribution in [1.29, 1.82) is 0 Å². The van der Waals surface area contributed by atoms with Crippen molar-refractivity contribution in [2.24, 2.45) is 5.73 Å². The number of aliphatic hydroxyl groups is 1. The number of amides is 1. The molecule has 0 spiro atoms. The molecule has 3 heterocycles. The highest BCUT2D eigenvalue weighted by atomic mass is 19.2. The lowest BCUT2D eigenvalue weighted by Gasteiger charge is -2.32. The van der Waals surface area contributed by atoms with E-state index in [0.29, 0.717) is 31.9 Å². The minimum atomic E-state index is -2.49. The van der Waals surface area contributed by atoms with Gasteiger partial charge in [0, 0.05) is 30.5 Å². The predicted octanol–water partition coefficient (Wildman–Crippen LogP) is 2.31. The summed E-state index contributed by atoms with van der Waals surface area (Å²) in [7, 11) is 0. The summed E-state index contributed by atoms with van der Waals surface area (Å²) in [4.78, 5) is 21.2. The number of β-amino-alcohol motifs (C(OH)–C–C–N with tert-alkyl or cyclic N) is 1. The Morgan fingerprint density at radius 2 is 2.16 bits per heavy atom. The topological polar surface area (TPSA) is 115 Å². The van der Waals surface area contributed by atoms with Gasteiger partial charge < -0.3 is 20.0 Å². The number of fused-ring (bicyclic) bond motifs is 1. The van der Waals surface area contributed by atoms with Crippen LogP contribution < -0.4 is 10.5 Å². The minimum Gasteiger partial charge on any atom is -0.486 e. The molecule has 168 valence electrons. The summed E-state index contributed by atoms with van der Waals surface area (Å²) in [6.07, 6.45) is 3.16. The van der Waals surface area contributed by atoms with Gasteiger partial charge in [-0.15, -0.1) is 0 Å². The van der Waals surface area contributed by atoms with E-state index in [1.54, 1.807) is 0 Å². The number of rotatable bonds is 8. The lowest BCUT2D eigenvalue weighted by molar-refractivity contribution is -0.110. The number of primary amides is 1. The van der Waals surface area contributed by atoms with Crippen molar-refractivity contribution in [3.63, 3.8) is 0 Å². The Balaban J connectivity index is 1.36. The molecule has 0 aliphatic carbocycles. The zero-order valence-electron chi connectivity index (χ0n) is 17.8. The van der Waals surface area contributed by atoms with Crippen molar-refractivity contribution in [2.75, 3.05) is 13.1 Å². The van der Waals surface area contributed by atoms with E-state index in [-0.39, 0.29) is 24.2 Å². The van der Waals surface area contributed by atoms with Crippen molar-refractivity contribution in [1.82, 2.24) is 14.9 Å². The second kappa shape index (κ2) is 9.05. The molecule has 2 aromatic heterocycles. The van der Waals surface area contributed by atoms with Gasteiger partial charge in [0.05, 0.1) is 18.7 Å². The average molecular weight is 440 g/mol. The van der Waals surface area contributed by atoms with Gasteiger partial charge in [-0.25, -0.2) is 9.37 Å². The van der Waals surface area contributed by atoms with Crippen LogP contribution in [-0.4, -0.2) is 44.8 Å². The number of benzene rings is 1. The monoisotopic (exact) mass is 440 g/mol.